The van der Waals surface area contributed by atoms with Gasteiger partial charge in [-0.25, -0.2) is 14.5 Å². The van der Waals surface area contributed by atoms with E-state index in [2.05, 4.69) is 20.0 Å². The molecule has 3 aromatic heterocycles. The molecule has 1 unspecified atom stereocenters. The Kier molecular flexibility index (Phi) is 5.90. The number of ether oxygens (including phenoxy) is 2. The van der Waals surface area contributed by atoms with Crippen LogP contribution in [0.5, 0.6) is 0 Å². The first kappa shape index (κ1) is 21.7. The van der Waals surface area contributed by atoms with Gasteiger partial charge in [0, 0.05) is 19.3 Å². The van der Waals surface area contributed by atoms with Gasteiger partial charge in [0.05, 0.1) is 41.3 Å². The smallest absolute Gasteiger partial charge is 0.339 e. The standard InChI is InChI=1S/C22H26N6O4S/c1-31-21(30)14-8-16(24-9-14)19-18(20(23)29)26-22(33-19)27(11-13-5-6-13)15-10-25-28(12-15)17-4-2-3-7-32-17/h8-10,12-13,17,24H,2-7,11H2,1H3,(H2,23,29). The maximum Gasteiger partial charge on any atom is 0.339 e. The van der Waals surface area contributed by atoms with Crippen molar-refractivity contribution in [1.29, 1.82) is 0 Å². The van der Waals surface area contributed by atoms with Crippen LogP contribution in [0.1, 0.15) is 59.2 Å². The Balaban J connectivity index is 1.49. The molecule has 2 fully saturated rings. The average Bonchev–Trinajstić information content (AvgIpc) is 3.25. The molecule has 1 saturated heterocycles. The lowest BCUT2D eigenvalue weighted by molar-refractivity contribution is -0.0394. The number of hydrogen-bond donors (Lipinski definition) is 2. The molecule has 4 heterocycles. The number of H-pyrrole nitrogens is 1. The number of primary amides is 1. The third kappa shape index (κ3) is 4.51. The van der Waals surface area contributed by atoms with Crippen LogP contribution in [-0.2, 0) is 9.47 Å². The number of rotatable bonds is 8. The van der Waals surface area contributed by atoms with Crippen molar-refractivity contribution in [3.63, 3.8) is 0 Å². The highest BCUT2D eigenvalue weighted by Gasteiger charge is 2.30. The molecular weight excluding hydrogens is 444 g/mol. The topological polar surface area (TPSA) is 128 Å². The number of anilines is 2. The van der Waals surface area contributed by atoms with Crippen molar-refractivity contribution < 1.29 is 19.1 Å². The predicted octanol–water partition coefficient (Wildman–Crippen LogP) is 3.47. The maximum atomic E-state index is 12.2. The number of methoxy groups -OCH3 is 1. The normalized spacial score (nSPS) is 18.3. The Morgan fingerprint density at radius 2 is 2.21 bits per heavy atom. The van der Waals surface area contributed by atoms with Gasteiger partial charge < -0.3 is 25.1 Å². The summed E-state index contributed by atoms with van der Waals surface area (Å²) in [7, 11) is 1.32. The number of hydrogen-bond acceptors (Lipinski definition) is 8. The molecule has 5 rings (SSSR count). The first-order valence-corrected chi connectivity index (χ1v) is 11.9. The molecular formula is C22H26N6O4S. The van der Waals surface area contributed by atoms with Crippen LogP contribution in [0.4, 0.5) is 10.8 Å². The Hall–Kier alpha value is -3.18. The Bertz CT molecular complexity index is 1160. The SMILES string of the molecule is COC(=O)c1c[nH]c(-c2sc(N(CC3CC3)c3cnn(C4CCCCO4)c3)nc2C(N)=O)c1. The van der Waals surface area contributed by atoms with E-state index in [-0.39, 0.29) is 11.9 Å². The van der Waals surface area contributed by atoms with Crippen molar-refractivity contribution in [3.8, 4) is 10.6 Å². The summed E-state index contributed by atoms with van der Waals surface area (Å²) in [5, 5.41) is 5.20. The van der Waals surface area contributed by atoms with Crippen molar-refractivity contribution in [2.24, 2.45) is 11.7 Å². The molecule has 1 atom stereocenters. The molecule has 174 valence electrons. The molecule has 33 heavy (non-hydrogen) atoms. The molecule has 1 aliphatic carbocycles. The van der Waals surface area contributed by atoms with Crippen LogP contribution in [0.25, 0.3) is 10.6 Å². The lowest BCUT2D eigenvalue weighted by Gasteiger charge is -2.23. The van der Waals surface area contributed by atoms with Crippen LogP contribution in [0, 0.1) is 5.92 Å². The molecule has 1 saturated carbocycles. The zero-order valence-electron chi connectivity index (χ0n) is 18.3. The molecule has 0 bridgehead atoms. The van der Waals surface area contributed by atoms with Gasteiger partial charge >= 0.3 is 5.97 Å². The van der Waals surface area contributed by atoms with Gasteiger partial charge in [0.15, 0.2) is 10.8 Å². The molecule has 0 spiro atoms. The number of carbonyl (C=O) groups excluding carboxylic acids is 2. The maximum absolute atomic E-state index is 12.2. The molecule has 3 aromatic rings. The fraction of sp³-hybridized carbons (Fsp3) is 0.455. The van der Waals surface area contributed by atoms with E-state index in [9.17, 15) is 9.59 Å². The second-order valence-electron chi connectivity index (χ2n) is 8.39. The van der Waals surface area contributed by atoms with Crippen molar-refractivity contribution in [3.05, 3.63) is 35.9 Å². The average molecular weight is 471 g/mol. The highest BCUT2D eigenvalue weighted by molar-refractivity contribution is 7.19. The lowest BCUT2D eigenvalue weighted by Crippen LogP contribution is -2.21. The molecule has 11 heteroatoms. The summed E-state index contributed by atoms with van der Waals surface area (Å²) in [5.74, 6) is -0.518. The van der Waals surface area contributed by atoms with E-state index in [1.54, 1.807) is 12.3 Å². The number of esters is 1. The first-order chi connectivity index (χ1) is 16.0. The van der Waals surface area contributed by atoms with E-state index in [1.807, 2.05) is 17.1 Å². The van der Waals surface area contributed by atoms with Crippen molar-refractivity contribution in [2.75, 3.05) is 25.2 Å². The zero-order chi connectivity index (χ0) is 22.9. The largest absolute Gasteiger partial charge is 0.465 e. The van der Waals surface area contributed by atoms with E-state index in [0.717, 1.165) is 50.9 Å². The Labute approximate surface area is 194 Å². The van der Waals surface area contributed by atoms with Crippen molar-refractivity contribution in [2.45, 2.75) is 38.3 Å². The molecule has 2 aliphatic rings. The van der Waals surface area contributed by atoms with Crippen LogP contribution < -0.4 is 10.6 Å². The van der Waals surface area contributed by atoms with Gasteiger partial charge in [0.25, 0.3) is 5.91 Å². The summed E-state index contributed by atoms with van der Waals surface area (Å²) in [5.41, 5.74) is 7.67. The predicted molar refractivity (Wildman–Crippen MR) is 123 cm³/mol. The first-order valence-electron chi connectivity index (χ1n) is 11.0. The van der Waals surface area contributed by atoms with Crippen LogP contribution in [0.2, 0.25) is 0 Å². The fourth-order valence-electron chi connectivity index (χ4n) is 3.94. The van der Waals surface area contributed by atoms with Gasteiger partial charge in [-0.15, -0.1) is 0 Å². The van der Waals surface area contributed by atoms with Gasteiger partial charge in [-0.2, -0.15) is 5.10 Å². The summed E-state index contributed by atoms with van der Waals surface area (Å²) >= 11 is 1.35. The van der Waals surface area contributed by atoms with Crippen LogP contribution in [0.15, 0.2) is 24.7 Å². The molecule has 3 N–H and O–H groups in total. The summed E-state index contributed by atoms with van der Waals surface area (Å²) < 4.78 is 12.5. The third-order valence-electron chi connectivity index (χ3n) is 5.92. The lowest BCUT2D eigenvalue weighted by atomic mass is 10.2. The van der Waals surface area contributed by atoms with Gasteiger partial charge in [0.1, 0.15) is 6.23 Å². The van der Waals surface area contributed by atoms with Crippen molar-refractivity contribution >= 4 is 34.0 Å². The van der Waals surface area contributed by atoms with E-state index in [0.29, 0.717) is 27.2 Å². The monoisotopic (exact) mass is 470 g/mol. The number of nitrogens with one attached hydrogen (secondary N) is 1. The highest BCUT2D eigenvalue weighted by Crippen LogP contribution is 2.41. The number of nitrogens with two attached hydrogens (primary N) is 1. The number of thiazole rings is 1. The minimum absolute atomic E-state index is 0.0565. The molecule has 0 radical (unpaired) electrons. The van der Waals surface area contributed by atoms with E-state index >= 15 is 0 Å². The number of amides is 1. The second-order valence-corrected chi connectivity index (χ2v) is 9.36. The third-order valence-corrected chi connectivity index (χ3v) is 7.03. The minimum Gasteiger partial charge on any atom is -0.465 e. The van der Waals surface area contributed by atoms with Crippen LogP contribution >= 0.6 is 11.3 Å². The molecule has 10 nitrogen and oxygen atoms in total. The molecule has 0 aromatic carbocycles. The number of carbonyl (C=O) groups is 2. The minimum atomic E-state index is -0.626. The van der Waals surface area contributed by atoms with Crippen molar-refractivity contribution in [1.82, 2.24) is 19.7 Å². The van der Waals surface area contributed by atoms with Crippen LogP contribution in [-0.4, -0.2) is 51.9 Å². The highest BCUT2D eigenvalue weighted by atomic mass is 32.1. The fourth-order valence-corrected chi connectivity index (χ4v) is 5.03. The summed E-state index contributed by atoms with van der Waals surface area (Å²) in [6, 6.07) is 1.64. The zero-order valence-corrected chi connectivity index (χ0v) is 19.1. The van der Waals surface area contributed by atoms with Crippen LogP contribution in [0.3, 0.4) is 0 Å². The second kappa shape index (κ2) is 8.99. The Morgan fingerprint density at radius 1 is 1.36 bits per heavy atom. The van der Waals surface area contributed by atoms with Gasteiger partial charge in [-0.05, 0) is 44.1 Å². The summed E-state index contributed by atoms with van der Waals surface area (Å²) in [4.78, 5) is 34.4. The van der Waals surface area contributed by atoms with Gasteiger partial charge in [-0.1, -0.05) is 11.3 Å². The number of aromatic amines is 1. The summed E-state index contributed by atoms with van der Waals surface area (Å²) in [6.45, 7) is 1.52. The number of nitrogens with zero attached hydrogens (tertiary/aromatic N) is 4. The Morgan fingerprint density at radius 3 is 2.91 bits per heavy atom. The quantitative estimate of drug-likeness (QED) is 0.482. The van der Waals surface area contributed by atoms with E-state index in [1.165, 1.54) is 18.4 Å². The van der Waals surface area contributed by atoms with E-state index < -0.39 is 11.9 Å². The van der Waals surface area contributed by atoms with Gasteiger partial charge in [-0.3, -0.25) is 4.79 Å². The number of aromatic nitrogens is 4. The van der Waals surface area contributed by atoms with E-state index in [4.69, 9.17) is 15.2 Å². The molecule has 1 aliphatic heterocycles. The molecule has 1 amide bonds. The summed E-state index contributed by atoms with van der Waals surface area (Å²) in [6.07, 6.45) is 10.7. The van der Waals surface area contributed by atoms with Gasteiger partial charge in [0.2, 0.25) is 0 Å².